The predicted octanol–water partition coefficient (Wildman–Crippen LogP) is 2.27. The van der Waals surface area contributed by atoms with E-state index in [0.717, 1.165) is 0 Å². The Bertz CT molecular complexity index is 856. The SMILES string of the molecule is CC1CN(S(=O)(=O)c2ccc(Cl)cc2)CCN1C(=O)c1ccccn1. The molecule has 2 aromatic rings. The molecule has 3 rings (SSSR count). The van der Waals surface area contributed by atoms with Crippen LogP contribution in [0.2, 0.25) is 5.02 Å². The number of carbonyl (C=O) groups excluding carboxylic acids is 1. The number of hydrogen-bond donors (Lipinski definition) is 0. The van der Waals surface area contributed by atoms with Crippen molar-refractivity contribution in [2.75, 3.05) is 19.6 Å². The zero-order valence-electron chi connectivity index (χ0n) is 13.7. The van der Waals surface area contributed by atoms with Crippen LogP contribution in [0.4, 0.5) is 0 Å². The molecule has 6 nitrogen and oxygen atoms in total. The second kappa shape index (κ2) is 7.11. The average Bonchev–Trinajstić information content (AvgIpc) is 2.62. The summed E-state index contributed by atoms with van der Waals surface area (Å²) in [5.74, 6) is -0.184. The first-order chi connectivity index (χ1) is 11.9. The Hall–Kier alpha value is -1.96. The molecular weight excluding hydrogens is 362 g/mol. The van der Waals surface area contributed by atoms with Gasteiger partial charge in [-0.3, -0.25) is 9.78 Å². The first-order valence-corrected chi connectivity index (χ1v) is 9.69. The number of benzene rings is 1. The van der Waals surface area contributed by atoms with Crippen LogP contribution in [0, 0.1) is 0 Å². The van der Waals surface area contributed by atoms with Crippen LogP contribution in [0.3, 0.4) is 0 Å². The van der Waals surface area contributed by atoms with Gasteiger partial charge in [0.2, 0.25) is 10.0 Å². The smallest absolute Gasteiger partial charge is 0.272 e. The van der Waals surface area contributed by atoms with Crippen LogP contribution in [0.5, 0.6) is 0 Å². The molecule has 1 aromatic carbocycles. The van der Waals surface area contributed by atoms with Crippen LogP contribution in [0.15, 0.2) is 53.6 Å². The highest BCUT2D eigenvalue weighted by atomic mass is 35.5. The van der Waals surface area contributed by atoms with Gasteiger partial charge in [-0.15, -0.1) is 0 Å². The van der Waals surface area contributed by atoms with E-state index in [1.807, 2.05) is 6.92 Å². The minimum atomic E-state index is -3.60. The molecule has 8 heteroatoms. The number of rotatable bonds is 3. The van der Waals surface area contributed by atoms with E-state index in [9.17, 15) is 13.2 Å². The van der Waals surface area contributed by atoms with Crippen molar-refractivity contribution in [2.24, 2.45) is 0 Å². The summed E-state index contributed by atoms with van der Waals surface area (Å²) in [5.41, 5.74) is 0.364. The second-order valence-electron chi connectivity index (χ2n) is 5.88. The molecule has 0 saturated carbocycles. The van der Waals surface area contributed by atoms with Gasteiger partial charge in [0, 0.05) is 36.9 Å². The third kappa shape index (κ3) is 3.68. The summed E-state index contributed by atoms with van der Waals surface area (Å²) in [6, 6.07) is 11.0. The molecule has 1 aliphatic rings. The molecule has 0 aliphatic carbocycles. The minimum absolute atomic E-state index is 0.184. The van der Waals surface area contributed by atoms with Crippen LogP contribution in [0.25, 0.3) is 0 Å². The summed E-state index contributed by atoms with van der Waals surface area (Å²) >= 11 is 5.82. The lowest BCUT2D eigenvalue weighted by atomic mass is 10.2. The first kappa shape index (κ1) is 17.8. The molecule has 0 bridgehead atoms. The Morgan fingerprint density at radius 2 is 1.88 bits per heavy atom. The Morgan fingerprint density at radius 3 is 2.48 bits per heavy atom. The van der Waals surface area contributed by atoms with E-state index in [1.165, 1.54) is 16.4 Å². The van der Waals surface area contributed by atoms with Gasteiger partial charge in [-0.25, -0.2) is 8.42 Å². The van der Waals surface area contributed by atoms with Crippen molar-refractivity contribution < 1.29 is 13.2 Å². The number of piperazine rings is 1. The highest BCUT2D eigenvalue weighted by molar-refractivity contribution is 7.89. The minimum Gasteiger partial charge on any atom is -0.332 e. The lowest BCUT2D eigenvalue weighted by Gasteiger charge is -2.39. The zero-order valence-corrected chi connectivity index (χ0v) is 15.2. The van der Waals surface area contributed by atoms with Crippen molar-refractivity contribution in [2.45, 2.75) is 17.9 Å². The number of amides is 1. The highest BCUT2D eigenvalue weighted by Crippen LogP contribution is 2.22. The maximum absolute atomic E-state index is 12.8. The molecule has 1 unspecified atom stereocenters. The molecule has 25 heavy (non-hydrogen) atoms. The van der Waals surface area contributed by atoms with Gasteiger partial charge in [0.25, 0.3) is 5.91 Å². The zero-order chi connectivity index (χ0) is 18.0. The number of sulfonamides is 1. The molecular formula is C17H18ClN3O3S. The van der Waals surface area contributed by atoms with Gasteiger partial charge < -0.3 is 4.90 Å². The van der Waals surface area contributed by atoms with Gasteiger partial charge >= 0.3 is 0 Å². The quantitative estimate of drug-likeness (QED) is 0.820. The van der Waals surface area contributed by atoms with Gasteiger partial charge in [0.15, 0.2) is 0 Å². The van der Waals surface area contributed by atoms with E-state index in [4.69, 9.17) is 11.6 Å². The Morgan fingerprint density at radius 1 is 1.16 bits per heavy atom. The topological polar surface area (TPSA) is 70.6 Å². The van der Waals surface area contributed by atoms with Gasteiger partial charge in [-0.2, -0.15) is 4.31 Å². The van der Waals surface area contributed by atoms with Gasteiger partial charge in [-0.1, -0.05) is 17.7 Å². The fraction of sp³-hybridized carbons (Fsp3) is 0.294. The summed E-state index contributed by atoms with van der Waals surface area (Å²) in [6.07, 6.45) is 1.57. The van der Waals surface area contributed by atoms with Crippen LogP contribution in [-0.4, -0.2) is 54.2 Å². The third-order valence-corrected chi connectivity index (χ3v) is 6.32. The van der Waals surface area contributed by atoms with E-state index in [0.29, 0.717) is 17.3 Å². The van der Waals surface area contributed by atoms with Crippen LogP contribution < -0.4 is 0 Å². The van der Waals surface area contributed by atoms with Crippen LogP contribution in [0.1, 0.15) is 17.4 Å². The number of hydrogen-bond acceptors (Lipinski definition) is 4. The normalized spacial score (nSPS) is 19.0. The van der Waals surface area contributed by atoms with Crippen LogP contribution >= 0.6 is 11.6 Å². The van der Waals surface area contributed by atoms with E-state index in [2.05, 4.69) is 4.98 Å². The molecule has 1 saturated heterocycles. The average molecular weight is 380 g/mol. The van der Waals surface area contributed by atoms with Crippen molar-refractivity contribution in [3.63, 3.8) is 0 Å². The molecule has 2 heterocycles. The third-order valence-electron chi connectivity index (χ3n) is 4.19. The Labute approximate surface area is 152 Å². The standard InChI is InChI=1S/C17H18ClN3O3S/c1-13-12-20(25(23,24)15-7-5-14(18)6-8-15)10-11-21(13)17(22)16-4-2-3-9-19-16/h2-9,13H,10-12H2,1H3. The fourth-order valence-electron chi connectivity index (χ4n) is 2.84. The summed E-state index contributed by atoms with van der Waals surface area (Å²) in [6.45, 7) is 2.64. The second-order valence-corrected chi connectivity index (χ2v) is 8.25. The van der Waals surface area contributed by atoms with Crippen molar-refractivity contribution in [3.8, 4) is 0 Å². The van der Waals surface area contributed by atoms with E-state index < -0.39 is 10.0 Å². The summed E-state index contributed by atoms with van der Waals surface area (Å²) in [5, 5.41) is 0.484. The first-order valence-electron chi connectivity index (χ1n) is 7.87. The molecule has 0 N–H and O–H groups in total. The number of pyridine rings is 1. The molecule has 1 amide bonds. The van der Waals surface area contributed by atoms with E-state index >= 15 is 0 Å². The summed E-state index contributed by atoms with van der Waals surface area (Å²) < 4.78 is 26.9. The molecule has 132 valence electrons. The molecule has 1 fully saturated rings. The lowest BCUT2D eigenvalue weighted by molar-refractivity contribution is 0.0585. The number of halogens is 1. The Kier molecular flexibility index (Phi) is 5.08. The van der Waals surface area contributed by atoms with Crippen molar-refractivity contribution >= 4 is 27.5 Å². The predicted molar refractivity (Wildman–Crippen MR) is 94.9 cm³/mol. The molecule has 1 atom stereocenters. The van der Waals surface area contributed by atoms with Gasteiger partial charge in [-0.05, 0) is 43.3 Å². The van der Waals surface area contributed by atoms with Crippen molar-refractivity contribution in [3.05, 3.63) is 59.4 Å². The van der Waals surface area contributed by atoms with E-state index in [-0.39, 0.29) is 29.9 Å². The summed E-state index contributed by atoms with van der Waals surface area (Å²) in [7, 11) is -3.60. The maximum atomic E-state index is 12.8. The number of nitrogens with zero attached hydrogens (tertiary/aromatic N) is 3. The summed E-state index contributed by atoms with van der Waals surface area (Å²) in [4.78, 5) is 18.5. The largest absolute Gasteiger partial charge is 0.332 e. The van der Waals surface area contributed by atoms with Gasteiger partial charge in [0.05, 0.1) is 4.90 Å². The highest BCUT2D eigenvalue weighted by Gasteiger charge is 2.34. The van der Waals surface area contributed by atoms with Crippen LogP contribution in [-0.2, 0) is 10.0 Å². The lowest BCUT2D eigenvalue weighted by Crippen LogP contribution is -2.55. The number of aromatic nitrogens is 1. The fourth-order valence-corrected chi connectivity index (χ4v) is 4.47. The molecule has 1 aliphatic heterocycles. The molecule has 1 aromatic heterocycles. The number of carbonyl (C=O) groups is 1. The van der Waals surface area contributed by atoms with Gasteiger partial charge in [0.1, 0.15) is 5.69 Å². The van der Waals surface area contributed by atoms with Crippen molar-refractivity contribution in [1.82, 2.24) is 14.2 Å². The maximum Gasteiger partial charge on any atom is 0.272 e. The molecule has 0 spiro atoms. The molecule has 0 radical (unpaired) electrons. The van der Waals surface area contributed by atoms with E-state index in [1.54, 1.807) is 41.4 Å². The monoisotopic (exact) mass is 379 g/mol. The van der Waals surface area contributed by atoms with Crippen molar-refractivity contribution in [1.29, 1.82) is 0 Å². The Balaban J connectivity index is 1.75.